The molecule has 0 atom stereocenters. The molecule has 1 aromatic heterocycles. The minimum Gasteiger partial charge on any atom is -0.425 e. The van der Waals surface area contributed by atoms with Gasteiger partial charge < -0.3 is 15.0 Å². The van der Waals surface area contributed by atoms with Crippen molar-refractivity contribution in [3.63, 3.8) is 0 Å². The second-order valence-electron chi connectivity index (χ2n) is 4.84. The van der Waals surface area contributed by atoms with Gasteiger partial charge in [-0.1, -0.05) is 24.3 Å². The number of anilines is 2. The van der Waals surface area contributed by atoms with E-state index in [0.717, 1.165) is 4.73 Å². The van der Waals surface area contributed by atoms with Gasteiger partial charge in [-0.05, 0) is 19.1 Å². The van der Waals surface area contributed by atoms with E-state index < -0.39 is 0 Å². The Morgan fingerprint density at radius 2 is 1.67 bits per heavy atom. The van der Waals surface area contributed by atoms with Crippen molar-refractivity contribution < 1.29 is 5.21 Å². The molecular formula is C15H17N5O. The molecule has 2 aliphatic heterocycles. The van der Waals surface area contributed by atoms with E-state index in [-0.39, 0.29) is 5.49 Å². The molecule has 0 unspecified atom stereocenters. The Balaban J connectivity index is 2.15. The van der Waals surface area contributed by atoms with Gasteiger partial charge >= 0.3 is 0 Å². The third-order valence-corrected chi connectivity index (χ3v) is 3.41. The van der Waals surface area contributed by atoms with Crippen molar-refractivity contribution in [1.29, 1.82) is 5.41 Å². The molecule has 0 bridgehead atoms. The highest BCUT2D eigenvalue weighted by atomic mass is 16.5. The summed E-state index contributed by atoms with van der Waals surface area (Å²) in [6.45, 7) is 3.02. The van der Waals surface area contributed by atoms with Crippen LogP contribution in [0.25, 0.3) is 0 Å². The molecule has 0 saturated heterocycles. The number of allylic oxidation sites excluding steroid dienone is 4. The van der Waals surface area contributed by atoms with Crippen molar-refractivity contribution in [3.8, 4) is 0 Å². The summed E-state index contributed by atoms with van der Waals surface area (Å²) < 4.78 is 0.814. The monoisotopic (exact) mass is 283 g/mol. The fourth-order valence-corrected chi connectivity index (χ4v) is 2.34. The minimum absolute atomic E-state index is 0.0282. The molecule has 1 aromatic rings. The zero-order valence-corrected chi connectivity index (χ0v) is 11.8. The number of aromatic nitrogens is 2. The molecule has 108 valence electrons. The van der Waals surface area contributed by atoms with Crippen molar-refractivity contribution in [2.45, 2.75) is 6.92 Å². The average Bonchev–Trinajstić information content (AvgIpc) is 2.54. The number of rotatable bonds is 2. The van der Waals surface area contributed by atoms with E-state index in [2.05, 4.69) is 4.98 Å². The first-order chi connectivity index (χ1) is 10.2. The molecule has 0 spiro atoms. The Labute approximate surface area is 122 Å². The summed E-state index contributed by atoms with van der Waals surface area (Å²) in [5.41, 5.74) is 0.615. The number of aryl methyl sites for hydroxylation is 1. The van der Waals surface area contributed by atoms with Crippen molar-refractivity contribution in [1.82, 2.24) is 9.71 Å². The van der Waals surface area contributed by atoms with Crippen LogP contribution in [0.4, 0.5) is 11.5 Å². The van der Waals surface area contributed by atoms with E-state index in [0.29, 0.717) is 30.4 Å². The third kappa shape index (κ3) is 2.35. The van der Waals surface area contributed by atoms with E-state index in [1.807, 2.05) is 58.7 Å². The van der Waals surface area contributed by atoms with E-state index in [1.54, 1.807) is 6.92 Å². The van der Waals surface area contributed by atoms with Gasteiger partial charge in [-0.2, -0.15) is 4.73 Å². The first-order valence-corrected chi connectivity index (χ1v) is 6.76. The van der Waals surface area contributed by atoms with E-state index in [1.165, 1.54) is 0 Å². The predicted molar refractivity (Wildman–Crippen MR) is 81.3 cm³/mol. The lowest BCUT2D eigenvalue weighted by Gasteiger charge is -2.28. The highest BCUT2D eigenvalue weighted by molar-refractivity contribution is 5.69. The van der Waals surface area contributed by atoms with Crippen LogP contribution in [0.1, 0.15) is 5.82 Å². The topological polar surface area (TPSA) is 68.4 Å². The predicted octanol–water partition coefficient (Wildman–Crippen LogP) is 1.69. The summed E-state index contributed by atoms with van der Waals surface area (Å²) in [6, 6.07) is 0. The van der Waals surface area contributed by atoms with Crippen LogP contribution in [-0.2, 0) is 0 Å². The molecule has 2 aliphatic rings. The molecule has 21 heavy (non-hydrogen) atoms. The molecule has 2 N–H and O–H groups in total. The standard InChI is InChI=1S/C15H17N5O/c1-12-17-15(19-10-6-3-7-11-19)13(14(16)20(12)21)18-8-4-2-5-9-18/h2-8,10,16,21H,9,11H2,1H3. The fraction of sp³-hybridized carbons (Fsp3) is 0.200. The maximum atomic E-state index is 9.99. The summed E-state index contributed by atoms with van der Waals surface area (Å²) in [6.07, 6.45) is 15.6. The van der Waals surface area contributed by atoms with Gasteiger partial charge in [0, 0.05) is 25.5 Å². The van der Waals surface area contributed by atoms with Gasteiger partial charge in [0.2, 0.25) is 0 Å². The van der Waals surface area contributed by atoms with Gasteiger partial charge in [0.15, 0.2) is 11.3 Å². The Bertz CT molecular complexity index is 726. The van der Waals surface area contributed by atoms with Gasteiger partial charge in [0.25, 0.3) is 0 Å². The van der Waals surface area contributed by atoms with Crippen molar-refractivity contribution in [2.24, 2.45) is 0 Å². The quantitative estimate of drug-likeness (QED) is 0.810. The van der Waals surface area contributed by atoms with Crippen LogP contribution in [-0.4, -0.2) is 28.0 Å². The molecule has 3 heterocycles. The highest BCUT2D eigenvalue weighted by Gasteiger charge is 2.21. The molecule has 0 aromatic carbocycles. The van der Waals surface area contributed by atoms with Gasteiger partial charge in [-0.3, -0.25) is 5.41 Å². The molecule has 0 saturated carbocycles. The maximum Gasteiger partial charge on any atom is 0.190 e. The molecular weight excluding hydrogens is 266 g/mol. The first-order valence-electron chi connectivity index (χ1n) is 6.76. The normalized spacial score (nSPS) is 16.8. The zero-order chi connectivity index (χ0) is 14.8. The molecule has 0 radical (unpaired) electrons. The number of nitrogens with zero attached hydrogens (tertiary/aromatic N) is 4. The van der Waals surface area contributed by atoms with Crippen molar-refractivity contribution >= 4 is 11.5 Å². The number of hydrogen-bond acceptors (Lipinski definition) is 5. The van der Waals surface area contributed by atoms with Gasteiger partial charge in [0.1, 0.15) is 11.5 Å². The van der Waals surface area contributed by atoms with Crippen LogP contribution in [0.2, 0.25) is 0 Å². The lowest BCUT2D eigenvalue weighted by Crippen LogP contribution is -2.34. The smallest absolute Gasteiger partial charge is 0.190 e. The van der Waals surface area contributed by atoms with E-state index >= 15 is 0 Å². The summed E-state index contributed by atoms with van der Waals surface area (Å²) in [5, 5.41) is 18.2. The van der Waals surface area contributed by atoms with Crippen LogP contribution in [0.3, 0.4) is 0 Å². The zero-order valence-electron chi connectivity index (χ0n) is 11.8. The van der Waals surface area contributed by atoms with Crippen LogP contribution < -0.4 is 15.3 Å². The Morgan fingerprint density at radius 1 is 1.05 bits per heavy atom. The van der Waals surface area contributed by atoms with Crippen molar-refractivity contribution in [2.75, 3.05) is 22.9 Å². The summed E-state index contributed by atoms with van der Waals surface area (Å²) in [7, 11) is 0. The summed E-state index contributed by atoms with van der Waals surface area (Å²) in [4.78, 5) is 8.34. The molecule has 6 nitrogen and oxygen atoms in total. The fourth-order valence-electron chi connectivity index (χ4n) is 2.34. The van der Waals surface area contributed by atoms with Gasteiger partial charge in [-0.25, -0.2) is 4.98 Å². The van der Waals surface area contributed by atoms with E-state index in [4.69, 9.17) is 5.41 Å². The summed E-state index contributed by atoms with van der Waals surface area (Å²) in [5.74, 6) is 1.06. The molecule has 0 fully saturated rings. The lowest BCUT2D eigenvalue weighted by atomic mass is 10.2. The minimum atomic E-state index is 0.0282. The molecule has 3 rings (SSSR count). The second kappa shape index (κ2) is 5.32. The SMILES string of the molecule is Cc1nc(N2C=CC=CC2)c(N2C=CC=CC2)c(=N)n1O. The largest absolute Gasteiger partial charge is 0.425 e. The van der Waals surface area contributed by atoms with Crippen LogP contribution in [0.15, 0.2) is 48.9 Å². The van der Waals surface area contributed by atoms with Crippen LogP contribution in [0.5, 0.6) is 0 Å². The molecule has 6 heteroatoms. The Kier molecular flexibility index (Phi) is 3.35. The van der Waals surface area contributed by atoms with Gasteiger partial charge in [0.05, 0.1) is 0 Å². The van der Waals surface area contributed by atoms with Crippen LogP contribution >= 0.6 is 0 Å². The molecule has 0 aliphatic carbocycles. The lowest BCUT2D eigenvalue weighted by molar-refractivity contribution is 0.160. The maximum absolute atomic E-state index is 9.99. The second-order valence-corrected chi connectivity index (χ2v) is 4.84. The number of hydrogen-bond donors (Lipinski definition) is 2. The number of nitrogens with one attached hydrogen (secondary N) is 1. The van der Waals surface area contributed by atoms with E-state index in [9.17, 15) is 5.21 Å². The summed E-state index contributed by atoms with van der Waals surface area (Å²) >= 11 is 0. The first kappa shape index (κ1) is 13.2. The highest BCUT2D eigenvalue weighted by Crippen LogP contribution is 2.26. The Hall–Kier alpha value is -2.76. The Morgan fingerprint density at radius 3 is 2.24 bits per heavy atom. The van der Waals surface area contributed by atoms with Crippen LogP contribution in [0, 0.1) is 12.3 Å². The van der Waals surface area contributed by atoms with Crippen molar-refractivity contribution in [3.05, 3.63) is 60.2 Å². The van der Waals surface area contributed by atoms with Gasteiger partial charge in [-0.15, -0.1) is 0 Å². The third-order valence-electron chi connectivity index (χ3n) is 3.41. The molecule has 0 amide bonds. The average molecular weight is 283 g/mol.